The van der Waals surface area contributed by atoms with E-state index in [0.717, 1.165) is 10.0 Å². The van der Waals surface area contributed by atoms with E-state index in [1.54, 1.807) is 18.5 Å². The molecule has 1 aromatic carbocycles. The third-order valence-corrected chi connectivity index (χ3v) is 2.76. The summed E-state index contributed by atoms with van der Waals surface area (Å²) in [5.74, 6) is 0.633. The van der Waals surface area contributed by atoms with Crippen LogP contribution < -0.4 is 15.8 Å². The maximum atomic E-state index is 10.7. The van der Waals surface area contributed by atoms with Gasteiger partial charge in [0.15, 0.2) is 6.61 Å². The van der Waals surface area contributed by atoms with Gasteiger partial charge in [-0.3, -0.25) is 4.79 Å². The van der Waals surface area contributed by atoms with Crippen molar-refractivity contribution in [3.05, 3.63) is 46.7 Å². The van der Waals surface area contributed by atoms with Gasteiger partial charge in [0.25, 0.3) is 5.91 Å². The number of amides is 1. The Kier molecular flexibility index (Phi) is 4.89. The molecule has 1 heterocycles. The van der Waals surface area contributed by atoms with Crippen LogP contribution in [-0.2, 0) is 11.3 Å². The Morgan fingerprint density at radius 2 is 2.10 bits per heavy atom. The van der Waals surface area contributed by atoms with Crippen LogP contribution in [0.2, 0.25) is 0 Å². The molecule has 20 heavy (non-hydrogen) atoms. The highest BCUT2D eigenvalue weighted by molar-refractivity contribution is 9.10. The summed E-state index contributed by atoms with van der Waals surface area (Å²) in [5, 5.41) is 3.09. The van der Waals surface area contributed by atoms with Gasteiger partial charge in [-0.1, -0.05) is 12.1 Å². The molecule has 3 N–H and O–H groups in total. The number of aromatic nitrogens is 2. The SMILES string of the molecule is NC(=O)COc1cccc(CNc2ncc(Br)cn2)c1. The number of rotatable bonds is 6. The van der Waals surface area contributed by atoms with Gasteiger partial charge in [-0.25, -0.2) is 9.97 Å². The molecule has 0 fully saturated rings. The Balaban J connectivity index is 1.94. The first-order valence-corrected chi connectivity index (χ1v) is 6.64. The van der Waals surface area contributed by atoms with Crippen LogP contribution in [0.1, 0.15) is 5.56 Å². The minimum atomic E-state index is -0.503. The van der Waals surface area contributed by atoms with E-state index in [0.29, 0.717) is 18.2 Å². The van der Waals surface area contributed by atoms with Crippen molar-refractivity contribution in [2.24, 2.45) is 5.73 Å². The van der Waals surface area contributed by atoms with E-state index in [2.05, 4.69) is 31.2 Å². The minimum absolute atomic E-state index is 0.132. The van der Waals surface area contributed by atoms with Gasteiger partial charge in [0.2, 0.25) is 5.95 Å². The van der Waals surface area contributed by atoms with Crippen LogP contribution in [0.3, 0.4) is 0 Å². The molecule has 2 aromatic rings. The Morgan fingerprint density at radius 1 is 1.35 bits per heavy atom. The third-order valence-electron chi connectivity index (χ3n) is 2.35. The predicted molar refractivity (Wildman–Crippen MR) is 78.2 cm³/mol. The number of primary amides is 1. The Hall–Kier alpha value is -2.15. The van der Waals surface area contributed by atoms with E-state index < -0.39 is 5.91 Å². The van der Waals surface area contributed by atoms with E-state index in [9.17, 15) is 4.79 Å². The number of carbonyl (C=O) groups is 1. The molecule has 0 spiro atoms. The Morgan fingerprint density at radius 3 is 2.80 bits per heavy atom. The van der Waals surface area contributed by atoms with E-state index in [4.69, 9.17) is 10.5 Å². The van der Waals surface area contributed by atoms with Gasteiger partial charge in [-0.15, -0.1) is 0 Å². The summed E-state index contributed by atoms with van der Waals surface area (Å²) in [6.45, 7) is 0.419. The summed E-state index contributed by atoms with van der Waals surface area (Å²) < 4.78 is 6.06. The quantitative estimate of drug-likeness (QED) is 0.838. The number of halogens is 1. The van der Waals surface area contributed by atoms with E-state index >= 15 is 0 Å². The zero-order chi connectivity index (χ0) is 14.4. The lowest BCUT2D eigenvalue weighted by molar-refractivity contribution is -0.119. The second-order valence-corrected chi connectivity index (χ2v) is 4.90. The molecular weight excluding hydrogens is 324 g/mol. The van der Waals surface area contributed by atoms with Crippen LogP contribution >= 0.6 is 15.9 Å². The number of ether oxygens (including phenoxy) is 1. The first-order chi connectivity index (χ1) is 9.63. The Labute approximate surface area is 124 Å². The molecule has 7 heteroatoms. The molecule has 0 saturated heterocycles. The van der Waals surface area contributed by atoms with Crippen molar-refractivity contribution in [3.8, 4) is 5.75 Å². The molecule has 0 radical (unpaired) electrons. The second-order valence-electron chi connectivity index (χ2n) is 3.98. The van der Waals surface area contributed by atoms with Crippen LogP contribution in [-0.4, -0.2) is 22.5 Å². The topological polar surface area (TPSA) is 90.1 Å². The number of anilines is 1. The summed E-state index contributed by atoms with van der Waals surface area (Å²) in [4.78, 5) is 18.9. The third kappa shape index (κ3) is 4.51. The molecule has 2 rings (SSSR count). The monoisotopic (exact) mass is 336 g/mol. The lowest BCUT2D eigenvalue weighted by Crippen LogP contribution is -2.20. The van der Waals surface area contributed by atoms with Gasteiger partial charge in [-0.2, -0.15) is 0 Å². The first-order valence-electron chi connectivity index (χ1n) is 5.85. The van der Waals surface area contributed by atoms with Crippen molar-refractivity contribution >= 4 is 27.8 Å². The predicted octanol–water partition coefficient (Wildman–Crippen LogP) is 1.72. The summed E-state index contributed by atoms with van der Waals surface area (Å²) in [6, 6.07) is 7.37. The summed E-state index contributed by atoms with van der Waals surface area (Å²) >= 11 is 3.27. The van der Waals surface area contributed by atoms with Crippen LogP contribution in [0.5, 0.6) is 5.75 Å². The highest BCUT2D eigenvalue weighted by Gasteiger charge is 2.01. The average molecular weight is 337 g/mol. The van der Waals surface area contributed by atoms with Crippen LogP contribution in [0.4, 0.5) is 5.95 Å². The van der Waals surface area contributed by atoms with E-state index in [-0.39, 0.29) is 6.61 Å². The average Bonchev–Trinajstić information content (AvgIpc) is 2.45. The van der Waals surface area contributed by atoms with Gasteiger partial charge in [0.05, 0.1) is 4.47 Å². The fraction of sp³-hybridized carbons (Fsp3) is 0.154. The minimum Gasteiger partial charge on any atom is -0.484 e. The molecule has 0 bridgehead atoms. The van der Waals surface area contributed by atoms with Crippen LogP contribution in [0.15, 0.2) is 41.1 Å². The van der Waals surface area contributed by atoms with Crippen LogP contribution in [0.25, 0.3) is 0 Å². The highest BCUT2D eigenvalue weighted by atomic mass is 79.9. The zero-order valence-electron chi connectivity index (χ0n) is 10.5. The largest absolute Gasteiger partial charge is 0.484 e. The molecular formula is C13H13BrN4O2. The number of nitrogens with zero attached hydrogens (tertiary/aromatic N) is 2. The standard InChI is InChI=1S/C13H13BrN4O2/c14-10-6-17-13(18-7-10)16-5-9-2-1-3-11(4-9)20-8-12(15)19/h1-4,6-7H,5,8H2,(H2,15,19)(H,16,17,18). The normalized spacial score (nSPS) is 10.1. The molecule has 6 nitrogen and oxygen atoms in total. The number of nitrogens with two attached hydrogens (primary N) is 1. The van der Waals surface area contributed by atoms with Crippen molar-refractivity contribution in [2.75, 3.05) is 11.9 Å². The zero-order valence-corrected chi connectivity index (χ0v) is 12.1. The second kappa shape index (κ2) is 6.85. The number of hydrogen-bond acceptors (Lipinski definition) is 5. The van der Waals surface area contributed by atoms with Crippen molar-refractivity contribution in [1.82, 2.24) is 9.97 Å². The van der Waals surface area contributed by atoms with Crippen molar-refractivity contribution in [3.63, 3.8) is 0 Å². The Bertz CT molecular complexity index is 589. The number of carbonyl (C=O) groups excluding carboxylic acids is 1. The van der Waals surface area contributed by atoms with Crippen molar-refractivity contribution < 1.29 is 9.53 Å². The molecule has 0 atom stereocenters. The number of benzene rings is 1. The molecule has 0 aliphatic carbocycles. The highest BCUT2D eigenvalue weighted by Crippen LogP contribution is 2.14. The summed E-state index contributed by atoms with van der Waals surface area (Å²) in [6.07, 6.45) is 3.34. The van der Waals surface area contributed by atoms with Crippen LogP contribution in [0, 0.1) is 0 Å². The lowest BCUT2D eigenvalue weighted by atomic mass is 10.2. The molecule has 0 unspecified atom stereocenters. The maximum Gasteiger partial charge on any atom is 0.255 e. The van der Waals surface area contributed by atoms with E-state index in [1.165, 1.54) is 0 Å². The van der Waals surface area contributed by atoms with Gasteiger partial charge in [0, 0.05) is 18.9 Å². The first kappa shape index (κ1) is 14.3. The van der Waals surface area contributed by atoms with E-state index in [1.807, 2.05) is 18.2 Å². The molecule has 0 saturated carbocycles. The van der Waals surface area contributed by atoms with Crippen molar-refractivity contribution in [2.45, 2.75) is 6.54 Å². The van der Waals surface area contributed by atoms with Gasteiger partial charge in [0.1, 0.15) is 5.75 Å². The molecule has 0 aliphatic rings. The fourth-order valence-corrected chi connectivity index (χ4v) is 1.69. The number of hydrogen-bond donors (Lipinski definition) is 2. The molecule has 104 valence electrons. The van der Waals surface area contributed by atoms with Gasteiger partial charge < -0.3 is 15.8 Å². The van der Waals surface area contributed by atoms with Crippen molar-refractivity contribution in [1.29, 1.82) is 0 Å². The fourth-order valence-electron chi connectivity index (χ4n) is 1.48. The summed E-state index contributed by atoms with van der Waals surface area (Å²) in [5.41, 5.74) is 6.01. The van der Waals surface area contributed by atoms with Gasteiger partial charge in [-0.05, 0) is 33.6 Å². The van der Waals surface area contributed by atoms with Gasteiger partial charge >= 0.3 is 0 Å². The lowest BCUT2D eigenvalue weighted by Gasteiger charge is -2.07. The maximum absolute atomic E-state index is 10.7. The number of nitrogens with one attached hydrogen (secondary N) is 1. The smallest absolute Gasteiger partial charge is 0.255 e. The molecule has 1 amide bonds. The summed E-state index contributed by atoms with van der Waals surface area (Å²) in [7, 11) is 0. The molecule has 0 aliphatic heterocycles. The molecule has 1 aromatic heterocycles.